The molecule has 5 atom stereocenters. The van der Waals surface area contributed by atoms with E-state index in [2.05, 4.69) is 62.9 Å². The standard InChI is InChI=1S/C22H26N4O6.2C22H28N4O5.2C17H20N4O3.CH4.2ClH.Zn/c1-22(2,3)32-21(31)25-10-8-24(9-11-25)13-4-5-14-15(12-13)20(30)26(19(14)29)16-6-7-17(27)23-18(16)28;1-22(2,3)31-21(30)25-10-8-24(9-11-25)15-4-5-16-14(12-15)13-26(20(16)29)17-6-7-18(27)23-19(17)28;1-22(2,3)31-21(30)25-10-8-24(9-11-25)15-5-4-14-13-26(20(29)16(14)12-15)17-6-7-18(27)23-19(17)28;22-15-4-3-14(16(23)19-15)21-10-11-9-12(1-2-13(11)17(21)24)20-7-5-18-6-8-20;22-15-4-3-14(16(23)19-15)21-10-11-1-2-12(9-13(11)17(21)24)20-7-5-18-6-8-20;;;;/h4-5,12,16H,6-11H2,1-3H3,(H,23,27,28);2*4-5,12,17H,6-11,13H2,1-3H3,(H,23,27,28);2*1-2,9,14,18H,3-8,10H2,(H,19,22,23);1H4;2*1H;. The molecule has 5 aromatic rings. The van der Waals surface area contributed by atoms with Crippen LogP contribution in [0.5, 0.6) is 0 Å². The van der Waals surface area contributed by atoms with Crippen molar-refractivity contribution in [1.29, 1.82) is 0 Å². The summed E-state index contributed by atoms with van der Waals surface area (Å²) in [5, 5.41) is 18.1. The van der Waals surface area contributed by atoms with Gasteiger partial charge in [0.1, 0.15) is 47.0 Å². The zero-order valence-corrected chi connectivity index (χ0v) is 87.5. The van der Waals surface area contributed by atoms with Crippen LogP contribution in [-0.4, -0.2) is 330 Å². The number of rotatable bonds is 10. The molecule has 5 unspecified atom stereocenters. The Morgan fingerprint density at radius 3 is 0.788 bits per heavy atom. The molecule has 0 aromatic heterocycles. The Morgan fingerprint density at radius 1 is 0.274 bits per heavy atom. The second-order valence-corrected chi connectivity index (χ2v) is 40.5. The fourth-order valence-corrected chi connectivity index (χ4v) is 19.9. The molecular weight excluding hydrogens is 1980 g/mol. The third kappa shape index (κ3) is 25.5. The van der Waals surface area contributed by atoms with Gasteiger partial charge in [0.25, 0.3) is 35.4 Å². The summed E-state index contributed by atoms with van der Waals surface area (Å²) in [6.45, 7) is 32.6. The molecule has 0 aliphatic carbocycles. The third-order valence-corrected chi connectivity index (χ3v) is 27.3. The van der Waals surface area contributed by atoms with Crippen molar-refractivity contribution in [3.05, 3.63) is 147 Å². The fourth-order valence-electron chi connectivity index (χ4n) is 19.9. The molecule has 15 aliphatic rings. The number of hydrogen-bond donors (Lipinski definition) is 7. The van der Waals surface area contributed by atoms with Crippen molar-refractivity contribution in [1.82, 2.24) is 76.4 Å². The molecule has 0 bridgehead atoms. The summed E-state index contributed by atoms with van der Waals surface area (Å²) in [4.78, 5) is 255. The van der Waals surface area contributed by atoms with Gasteiger partial charge in [-0.3, -0.25) is 108 Å². The van der Waals surface area contributed by atoms with E-state index in [-0.39, 0.29) is 179 Å². The minimum atomic E-state index is -0.985. The molecule has 0 saturated carbocycles. The van der Waals surface area contributed by atoms with Crippen molar-refractivity contribution in [3.63, 3.8) is 0 Å². The van der Waals surface area contributed by atoms with Gasteiger partial charge in [-0.1, -0.05) is 19.6 Å². The van der Waals surface area contributed by atoms with Gasteiger partial charge in [-0.25, -0.2) is 14.4 Å². The van der Waals surface area contributed by atoms with Crippen LogP contribution < -0.4 is 61.7 Å². The maximum absolute atomic E-state index is 13.0. The molecule has 42 nitrogen and oxygen atoms in total. The summed E-state index contributed by atoms with van der Waals surface area (Å²) < 4.78 is 16.3. The van der Waals surface area contributed by atoms with Crippen molar-refractivity contribution in [3.8, 4) is 0 Å². The van der Waals surface area contributed by atoms with Gasteiger partial charge in [0.05, 0.1) is 11.1 Å². The van der Waals surface area contributed by atoms with Crippen LogP contribution in [0, 0.1) is 0 Å². The molecule has 7 N–H and O–H groups in total. The maximum atomic E-state index is 13.0. The van der Waals surface area contributed by atoms with Gasteiger partial charge in [0.2, 0.25) is 59.1 Å². The SMILES string of the molecule is C.CC(C)(C)OC(=O)N1CCN(c2ccc3c(c2)C(=O)N(C2CCC(=O)NC2=O)C3)CC1.CC(C)(C)OC(=O)N1CCN(c2ccc3c(c2)C(=O)N(C2CCC(=O)NC2=O)C3=O)CC1.CC(C)(C)OC(=O)N1CCN(c2ccc3c(c2)CN(C2CCC(=O)NC2=O)C3=O)CC1.Cl.Cl.O=C1CCC(N2Cc3cc(N4CCNCC4)ccc3C2=O)C(=O)N1.O=C1CCC(N2Cc3ccc(N4CCNCC4)cc3C2=O)C(=O)N1.[Zn]. The van der Waals surface area contributed by atoms with Crippen molar-refractivity contribution >= 4 is 166 Å². The summed E-state index contributed by atoms with van der Waals surface area (Å²) in [6.07, 6.45) is 1.78. The molecule has 780 valence electrons. The average molecular weight is 2110 g/mol. The summed E-state index contributed by atoms with van der Waals surface area (Å²) in [7, 11) is 0. The number of benzene rings is 5. The minimum Gasteiger partial charge on any atom is -0.444 e. The molecule has 10 fully saturated rings. The first-order chi connectivity index (χ1) is 67.5. The molecule has 10 saturated heterocycles. The van der Waals surface area contributed by atoms with E-state index in [1.165, 1.54) is 0 Å². The summed E-state index contributed by atoms with van der Waals surface area (Å²) in [6, 6.07) is 25.0. The van der Waals surface area contributed by atoms with Crippen LogP contribution in [-0.2, 0) is 108 Å². The van der Waals surface area contributed by atoms with E-state index in [4.69, 9.17) is 14.2 Å². The van der Waals surface area contributed by atoms with Crippen molar-refractivity contribution < 1.29 is 125 Å². The Bertz CT molecular complexity index is 5880. The Labute approximate surface area is 871 Å². The Balaban J connectivity index is 0.000000162. The quantitative estimate of drug-likeness (QED) is 0.0526. The summed E-state index contributed by atoms with van der Waals surface area (Å²) in [5.41, 5.74) is 9.92. The van der Waals surface area contributed by atoms with Crippen molar-refractivity contribution in [2.75, 3.05) is 155 Å². The zero-order chi connectivity index (χ0) is 101. The molecule has 45 heteroatoms. The number of amides is 19. The van der Waals surface area contributed by atoms with E-state index in [1.54, 1.807) is 58.6 Å². The number of nitrogens with zero attached hydrogens (tertiary/aromatic N) is 13. The Hall–Kier alpha value is -13.2. The zero-order valence-electron chi connectivity index (χ0n) is 82.9. The normalized spacial score (nSPS) is 22.0. The average Bonchev–Trinajstić information content (AvgIpc) is 1.60. The number of anilines is 5. The van der Waals surface area contributed by atoms with Crippen LogP contribution in [0.3, 0.4) is 0 Å². The Kier molecular flexibility index (Phi) is 35.6. The first-order valence-corrected chi connectivity index (χ1v) is 48.6. The van der Waals surface area contributed by atoms with Gasteiger partial charge in [-0.15, -0.1) is 24.8 Å². The smallest absolute Gasteiger partial charge is 0.410 e. The fraction of sp³-hybridized carbons (Fsp3) is 0.515. The van der Waals surface area contributed by atoms with Gasteiger partial charge in [0, 0.05) is 259 Å². The molecule has 0 spiro atoms. The second-order valence-electron chi connectivity index (χ2n) is 40.5. The van der Waals surface area contributed by atoms with Crippen LogP contribution in [0.2, 0.25) is 0 Å². The molecule has 0 radical (unpaired) electrons. The number of piperazine rings is 5. The van der Waals surface area contributed by atoms with Crippen LogP contribution in [0.25, 0.3) is 0 Å². The molecule has 15 heterocycles. The number of hydrogen-bond acceptors (Lipinski definition) is 29. The predicted octanol–water partition coefficient (Wildman–Crippen LogP) is 5.35. The topological polar surface area (TPSA) is 478 Å². The van der Waals surface area contributed by atoms with E-state index < -0.39 is 82.5 Å². The van der Waals surface area contributed by atoms with E-state index >= 15 is 0 Å². The van der Waals surface area contributed by atoms with E-state index in [9.17, 15) is 91.1 Å². The third-order valence-electron chi connectivity index (χ3n) is 27.3. The Morgan fingerprint density at radius 2 is 0.507 bits per heavy atom. The summed E-state index contributed by atoms with van der Waals surface area (Å²) >= 11 is 0. The first kappa shape index (κ1) is 112. The molecule has 20 rings (SSSR count). The van der Waals surface area contributed by atoms with Gasteiger partial charge in [0.15, 0.2) is 0 Å². The number of piperidine rings is 5. The minimum absolute atomic E-state index is 0. The van der Waals surface area contributed by atoms with E-state index in [1.807, 2.05) is 128 Å². The van der Waals surface area contributed by atoms with Crippen LogP contribution >= 0.6 is 24.8 Å². The number of fused-ring (bicyclic) bond motifs is 5. The molecular formula is C101H128Cl2N20O22Zn. The predicted molar refractivity (Wildman–Crippen MR) is 535 cm³/mol. The van der Waals surface area contributed by atoms with Gasteiger partial charge in [-0.05, 0) is 196 Å². The van der Waals surface area contributed by atoms with Crippen LogP contribution in [0.15, 0.2) is 91.0 Å². The van der Waals surface area contributed by atoms with Crippen LogP contribution in [0.4, 0.5) is 42.8 Å². The monoisotopic (exact) mass is 2110 g/mol. The maximum Gasteiger partial charge on any atom is 0.410 e. The van der Waals surface area contributed by atoms with Gasteiger partial charge < -0.3 is 83.6 Å². The number of carbonyl (C=O) groups is 19. The van der Waals surface area contributed by atoms with E-state index in [0.29, 0.717) is 153 Å². The molecule has 5 aromatic carbocycles. The molecule has 146 heavy (non-hydrogen) atoms. The van der Waals surface area contributed by atoms with Crippen LogP contribution in [0.1, 0.15) is 218 Å². The summed E-state index contributed by atoms with van der Waals surface area (Å²) in [5.74, 6) is -5.35. The number of halogens is 2. The number of carbonyl (C=O) groups excluding carboxylic acids is 19. The first-order valence-electron chi connectivity index (χ1n) is 48.6. The van der Waals surface area contributed by atoms with Gasteiger partial charge >= 0.3 is 18.3 Å². The largest absolute Gasteiger partial charge is 0.444 e. The molecule has 19 amide bonds. The number of imide groups is 6. The second kappa shape index (κ2) is 46.6. The number of ether oxygens (including phenoxy) is 3. The van der Waals surface area contributed by atoms with Gasteiger partial charge in [-0.2, -0.15) is 0 Å². The number of nitrogens with one attached hydrogen (secondary N) is 7. The van der Waals surface area contributed by atoms with Crippen molar-refractivity contribution in [2.24, 2.45) is 0 Å². The molecule has 15 aliphatic heterocycles. The van der Waals surface area contributed by atoms with E-state index in [0.717, 1.165) is 108 Å². The van der Waals surface area contributed by atoms with Crippen molar-refractivity contribution in [2.45, 2.75) is 207 Å².